The van der Waals surface area contributed by atoms with Crippen LogP contribution >= 0.6 is 0 Å². The lowest BCUT2D eigenvalue weighted by molar-refractivity contribution is 0.123. The van der Waals surface area contributed by atoms with Gasteiger partial charge in [0.15, 0.2) is 5.65 Å². The molecule has 3 aromatic heterocycles. The highest BCUT2D eigenvalue weighted by Crippen LogP contribution is 2.26. The van der Waals surface area contributed by atoms with Gasteiger partial charge >= 0.3 is 6.03 Å². The highest BCUT2D eigenvalue weighted by Gasteiger charge is 2.17. The van der Waals surface area contributed by atoms with Crippen LogP contribution in [0.25, 0.3) is 16.9 Å². The third-order valence-corrected chi connectivity index (χ3v) is 4.90. The summed E-state index contributed by atoms with van der Waals surface area (Å²) < 4.78 is 8.50. The molecule has 4 bridgehead atoms. The van der Waals surface area contributed by atoms with Gasteiger partial charge in [-0.1, -0.05) is 19.2 Å². The first-order chi connectivity index (χ1) is 15.5. The van der Waals surface area contributed by atoms with Crippen LogP contribution in [0.4, 0.5) is 22.0 Å². The maximum atomic E-state index is 13.2. The molecule has 0 aliphatic carbocycles. The second kappa shape index (κ2) is 8.90. The van der Waals surface area contributed by atoms with E-state index < -0.39 is 0 Å². The summed E-state index contributed by atoms with van der Waals surface area (Å²) in [6.45, 7) is 8.33. The van der Waals surface area contributed by atoms with E-state index in [4.69, 9.17) is 4.74 Å². The summed E-state index contributed by atoms with van der Waals surface area (Å²) in [5.41, 5.74) is 2.87. The lowest BCUT2D eigenvalue weighted by atomic mass is 10.2. The molecule has 0 spiro atoms. The van der Waals surface area contributed by atoms with Crippen molar-refractivity contribution in [3.8, 4) is 0 Å². The van der Waals surface area contributed by atoms with E-state index >= 15 is 0 Å². The topological polar surface area (TPSA) is 115 Å². The van der Waals surface area contributed by atoms with Crippen LogP contribution in [0.2, 0.25) is 0 Å². The van der Waals surface area contributed by atoms with E-state index in [1.54, 1.807) is 43.6 Å². The average Bonchev–Trinajstić information content (AvgIpc) is 3.22. The van der Waals surface area contributed by atoms with Gasteiger partial charge in [0, 0.05) is 31.6 Å². The Morgan fingerprint density at radius 3 is 2.91 bits per heavy atom. The van der Waals surface area contributed by atoms with Crippen molar-refractivity contribution in [2.24, 2.45) is 0 Å². The fourth-order valence-corrected chi connectivity index (χ4v) is 3.40. The number of hydrogen-bond acceptors (Lipinski definition) is 7. The molecule has 0 aromatic carbocycles. The number of pyridine rings is 2. The summed E-state index contributed by atoms with van der Waals surface area (Å²) in [6, 6.07) is 3.08. The van der Waals surface area contributed by atoms with Gasteiger partial charge in [-0.2, -0.15) is 0 Å². The number of nitrogens with one attached hydrogen (secondary N) is 3. The number of ether oxygens (including phenoxy) is 1. The van der Waals surface area contributed by atoms with Crippen molar-refractivity contribution in [1.29, 1.82) is 0 Å². The van der Waals surface area contributed by atoms with Crippen LogP contribution in [0.15, 0.2) is 60.8 Å². The van der Waals surface area contributed by atoms with E-state index in [-0.39, 0.29) is 24.8 Å². The Morgan fingerprint density at radius 2 is 2.16 bits per heavy atom. The third kappa shape index (κ3) is 3.91. The summed E-state index contributed by atoms with van der Waals surface area (Å²) >= 11 is 0. The van der Waals surface area contributed by atoms with Crippen molar-refractivity contribution in [3.63, 3.8) is 0 Å². The van der Waals surface area contributed by atoms with Crippen LogP contribution in [-0.2, 0) is 11.3 Å². The molecule has 1 amide bonds. The van der Waals surface area contributed by atoms with Crippen LogP contribution in [0.5, 0.6) is 0 Å². The predicted molar refractivity (Wildman–Crippen MR) is 124 cm³/mol. The number of anilines is 3. The fourth-order valence-electron chi connectivity index (χ4n) is 3.40. The number of carbonyl (C=O) groups excluding carboxylic acids is 1. The van der Waals surface area contributed by atoms with Gasteiger partial charge in [-0.3, -0.25) is 9.36 Å². The largest absolute Gasteiger partial charge is 0.386 e. The van der Waals surface area contributed by atoms with Gasteiger partial charge in [0.1, 0.15) is 23.3 Å². The minimum Gasteiger partial charge on any atom is -0.386 e. The quantitative estimate of drug-likeness (QED) is 0.542. The van der Waals surface area contributed by atoms with Crippen molar-refractivity contribution >= 4 is 40.1 Å². The maximum absolute atomic E-state index is 13.2. The van der Waals surface area contributed by atoms with Gasteiger partial charge in [0.05, 0.1) is 18.9 Å². The average molecular weight is 433 g/mol. The van der Waals surface area contributed by atoms with E-state index in [0.29, 0.717) is 40.6 Å². The summed E-state index contributed by atoms with van der Waals surface area (Å²) in [6.07, 6.45) is 7.96. The summed E-state index contributed by atoms with van der Waals surface area (Å²) in [7, 11) is 1.75. The number of hydrogen-bond donors (Lipinski definition) is 3. The summed E-state index contributed by atoms with van der Waals surface area (Å²) in [5, 5.41) is 8.94. The lowest BCUT2D eigenvalue weighted by Gasteiger charge is -2.15. The maximum Gasteiger partial charge on any atom is 0.328 e. The molecule has 1 aliphatic rings. The SMILES string of the molecule is C=C/C=C(\C=C)n1cc2cc(c1=O)Nc1cc(NC)c3ncn(c3n1)C(=O)NCCOC2. The van der Waals surface area contributed by atoms with E-state index in [2.05, 4.69) is 39.1 Å². The van der Waals surface area contributed by atoms with Crippen LogP contribution in [0.1, 0.15) is 5.56 Å². The number of fused-ring (bicyclic) bond motifs is 3. The Kier molecular flexibility index (Phi) is 5.86. The molecule has 1 aliphatic heterocycles. The van der Waals surface area contributed by atoms with Crippen LogP contribution in [0, 0.1) is 0 Å². The summed E-state index contributed by atoms with van der Waals surface area (Å²) in [4.78, 5) is 34.7. The number of carbonyl (C=O) groups is 1. The van der Waals surface area contributed by atoms with E-state index in [9.17, 15) is 9.59 Å². The van der Waals surface area contributed by atoms with Crippen molar-refractivity contribution < 1.29 is 9.53 Å². The minimum absolute atomic E-state index is 0.244. The first kappa shape index (κ1) is 21.1. The molecular weight excluding hydrogens is 410 g/mol. The molecule has 10 heteroatoms. The molecular formula is C22H23N7O3. The number of aromatic nitrogens is 4. The third-order valence-electron chi connectivity index (χ3n) is 4.90. The lowest BCUT2D eigenvalue weighted by Crippen LogP contribution is -2.31. The van der Waals surface area contributed by atoms with Crippen molar-refractivity contribution in [1.82, 2.24) is 24.4 Å². The molecule has 0 saturated heterocycles. The standard InChI is InChI=1S/C22H23N7O3/c1-4-6-15(5-2)28-11-14-9-17(21(28)30)26-18-10-16(23-3)19-20(27-18)29(13-25-19)22(31)24-7-8-32-12-14/h4-6,9-11,13H,1-2,7-8,12H2,3H3,(H,24,31)(H2,23,26,27)/b15-6+. The molecule has 10 nitrogen and oxygen atoms in total. The second-order valence-corrected chi connectivity index (χ2v) is 6.97. The molecule has 164 valence electrons. The van der Waals surface area contributed by atoms with Crippen LogP contribution < -0.4 is 21.5 Å². The van der Waals surface area contributed by atoms with Gasteiger partial charge in [0.2, 0.25) is 0 Å². The van der Waals surface area contributed by atoms with Crippen LogP contribution in [0.3, 0.4) is 0 Å². The normalized spacial score (nSPS) is 14.4. The van der Waals surface area contributed by atoms with Gasteiger partial charge in [-0.05, 0) is 23.8 Å². The number of rotatable bonds is 4. The van der Waals surface area contributed by atoms with Crippen LogP contribution in [-0.4, -0.2) is 45.3 Å². The Hall–Kier alpha value is -4.18. The highest BCUT2D eigenvalue weighted by molar-refractivity contribution is 5.94. The van der Waals surface area contributed by atoms with Gasteiger partial charge in [-0.25, -0.2) is 19.3 Å². The zero-order valence-electron chi connectivity index (χ0n) is 17.6. The molecule has 32 heavy (non-hydrogen) atoms. The Labute approximate surface area is 183 Å². The van der Waals surface area contributed by atoms with Crippen molar-refractivity contribution in [2.75, 3.05) is 30.8 Å². The molecule has 4 rings (SSSR count). The molecule has 0 saturated carbocycles. The smallest absolute Gasteiger partial charge is 0.328 e. The molecule has 0 radical (unpaired) electrons. The predicted octanol–water partition coefficient (Wildman–Crippen LogP) is 2.68. The van der Waals surface area contributed by atoms with E-state index in [1.807, 2.05) is 0 Å². The Balaban J connectivity index is 1.92. The van der Waals surface area contributed by atoms with E-state index in [0.717, 1.165) is 5.56 Å². The van der Waals surface area contributed by atoms with Crippen molar-refractivity contribution in [2.45, 2.75) is 6.61 Å². The second-order valence-electron chi connectivity index (χ2n) is 6.97. The van der Waals surface area contributed by atoms with Gasteiger partial charge < -0.3 is 20.7 Å². The Bertz CT molecular complexity index is 1300. The molecule has 4 heterocycles. The summed E-state index contributed by atoms with van der Waals surface area (Å²) in [5.74, 6) is 0.378. The molecule has 0 fully saturated rings. The number of nitrogens with zero attached hydrogens (tertiary/aromatic N) is 4. The molecule has 3 aromatic rings. The zero-order valence-corrected chi connectivity index (χ0v) is 17.6. The van der Waals surface area contributed by atoms with Crippen molar-refractivity contribution in [3.05, 3.63) is 72.0 Å². The monoisotopic (exact) mass is 433 g/mol. The molecule has 0 unspecified atom stereocenters. The zero-order chi connectivity index (χ0) is 22.7. The molecule has 3 N–H and O–H groups in total. The highest BCUT2D eigenvalue weighted by atomic mass is 16.5. The van der Waals surface area contributed by atoms with Gasteiger partial charge in [-0.15, -0.1) is 0 Å². The van der Waals surface area contributed by atoms with Gasteiger partial charge in [0.25, 0.3) is 5.56 Å². The van der Waals surface area contributed by atoms with E-state index in [1.165, 1.54) is 15.5 Å². The fraction of sp³-hybridized carbons (Fsp3) is 0.182. The first-order valence-electron chi connectivity index (χ1n) is 9.95. The number of amides is 1. The number of allylic oxidation sites excluding steroid dienone is 4. The molecule has 0 atom stereocenters. The minimum atomic E-state index is -0.370. The Morgan fingerprint density at radius 1 is 1.31 bits per heavy atom. The number of imidazole rings is 1. The first-order valence-corrected chi connectivity index (χ1v) is 9.95.